The van der Waals surface area contributed by atoms with E-state index in [0.29, 0.717) is 25.4 Å². The van der Waals surface area contributed by atoms with Gasteiger partial charge in [-0.15, -0.1) is 6.58 Å². The number of hydrogen-bond donors (Lipinski definition) is 3. The van der Waals surface area contributed by atoms with Gasteiger partial charge in [-0.2, -0.15) is 0 Å². The lowest BCUT2D eigenvalue weighted by Gasteiger charge is -2.20. The molecule has 126 valence electrons. The van der Waals surface area contributed by atoms with Crippen LogP contribution in [0.1, 0.15) is 31.4 Å². The Bertz CT molecular complexity index is 524. The van der Waals surface area contributed by atoms with Crippen LogP contribution < -0.4 is 16.0 Å². The molecule has 3 N–H and O–H groups in total. The summed E-state index contributed by atoms with van der Waals surface area (Å²) in [4.78, 5) is 24.1. The highest BCUT2D eigenvalue weighted by Gasteiger charge is 2.21. The van der Waals surface area contributed by atoms with Crippen molar-refractivity contribution in [2.75, 3.05) is 6.54 Å². The summed E-state index contributed by atoms with van der Waals surface area (Å²) in [6.45, 7) is 10.4. The molecular formula is C18H27N3O2. The number of amides is 3. The SMILES string of the molecule is C=CCNC(=O)[C@@H](CC(C)C)NC(=O)NCc1ccc(C)cc1. The largest absolute Gasteiger partial charge is 0.351 e. The zero-order valence-electron chi connectivity index (χ0n) is 14.2. The Labute approximate surface area is 138 Å². The summed E-state index contributed by atoms with van der Waals surface area (Å²) < 4.78 is 0. The van der Waals surface area contributed by atoms with Crippen LogP contribution in [0.5, 0.6) is 0 Å². The van der Waals surface area contributed by atoms with Crippen molar-refractivity contribution in [1.29, 1.82) is 0 Å². The van der Waals surface area contributed by atoms with Crippen molar-refractivity contribution >= 4 is 11.9 Å². The molecule has 1 aromatic carbocycles. The Balaban J connectivity index is 2.52. The molecule has 0 fully saturated rings. The lowest BCUT2D eigenvalue weighted by molar-refractivity contribution is -0.123. The standard InChI is InChI=1S/C18H27N3O2/c1-5-10-19-17(22)16(11-13(2)3)21-18(23)20-12-15-8-6-14(4)7-9-15/h5-9,13,16H,1,10-12H2,2-4H3,(H,19,22)(H2,20,21,23)/t16-/m1/s1. The van der Waals surface area contributed by atoms with Gasteiger partial charge in [0.1, 0.15) is 6.04 Å². The third-order valence-corrected chi connectivity index (χ3v) is 3.32. The molecule has 0 saturated heterocycles. The maximum absolute atomic E-state index is 12.1. The van der Waals surface area contributed by atoms with Gasteiger partial charge in [-0.25, -0.2) is 4.79 Å². The molecule has 1 rings (SSSR count). The lowest BCUT2D eigenvalue weighted by Crippen LogP contribution is -2.50. The molecule has 1 aromatic rings. The van der Waals surface area contributed by atoms with Gasteiger partial charge in [0, 0.05) is 13.1 Å². The predicted octanol–water partition coefficient (Wildman–Crippen LogP) is 2.51. The van der Waals surface area contributed by atoms with Gasteiger partial charge in [-0.3, -0.25) is 4.79 Å². The van der Waals surface area contributed by atoms with Gasteiger partial charge in [-0.05, 0) is 24.8 Å². The summed E-state index contributed by atoms with van der Waals surface area (Å²) in [7, 11) is 0. The van der Waals surface area contributed by atoms with E-state index in [1.165, 1.54) is 5.56 Å². The number of carbonyl (C=O) groups is 2. The fourth-order valence-electron chi connectivity index (χ4n) is 2.10. The van der Waals surface area contributed by atoms with Gasteiger partial charge < -0.3 is 16.0 Å². The van der Waals surface area contributed by atoms with Crippen molar-refractivity contribution in [3.05, 3.63) is 48.0 Å². The molecule has 0 aliphatic rings. The second-order valence-corrected chi connectivity index (χ2v) is 6.03. The van der Waals surface area contributed by atoms with E-state index in [4.69, 9.17) is 0 Å². The van der Waals surface area contributed by atoms with Crippen LogP contribution in [-0.2, 0) is 11.3 Å². The van der Waals surface area contributed by atoms with Gasteiger partial charge >= 0.3 is 6.03 Å². The fourth-order valence-corrected chi connectivity index (χ4v) is 2.10. The molecule has 0 aliphatic carbocycles. The van der Waals surface area contributed by atoms with Gasteiger partial charge in [-0.1, -0.05) is 49.8 Å². The highest BCUT2D eigenvalue weighted by atomic mass is 16.2. The minimum atomic E-state index is -0.548. The Morgan fingerprint density at radius 2 is 1.83 bits per heavy atom. The Morgan fingerprint density at radius 1 is 1.17 bits per heavy atom. The highest BCUT2D eigenvalue weighted by molar-refractivity contribution is 5.87. The van der Waals surface area contributed by atoms with Gasteiger partial charge in [0.15, 0.2) is 0 Å². The van der Waals surface area contributed by atoms with Crippen molar-refractivity contribution < 1.29 is 9.59 Å². The highest BCUT2D eigenvalue weighted by Crippen LogP contribution is 2.05. The smallest absolute Gasteiger partial charge is 0.315 e. The fraction of sp³-hybridized carbons (Fsp3) is 0.444. The van der Waals surface area contributed by atoms with E-state index >= 15 is 0 Å². The number of carbonyl (C=O) groups excluding carboxylic acids is 2. The van der Waals surface area contributed by atoms with Crippen LogP contribution >= 0.6 is 0 Å². The molecule has 0 spiro atoms. The second kappa shape index (κ2) is 9.66. The molecule has 1 atom stereocenters. The molecule has 0 aromatic heterocycles. The monoisotopic (exact) mass is 317 g/mol. The first-order valence-electron chi connectivity index (χ1n) is 7.91. The molecule has 0 unspecified atom stereocenters. The second-order valence-electron chi connectivity index (χ2n) is 6.03. The number of nitrogens with one attached hydrogen (secondary N) is 3. The Hall–Kier alpha value is -2.30. The first kappa shape index (κ1) is 18.7. The van der Waals surface area contributed by atoms with Crippen LogP contribution in [0.2, 0.25) is 0 Å². The molecule has 3 amide bonds. The zero-order chi connectivity index (χ0) is 17.2. The van der Waals surface area contributed by atoms with Crippen LogP contribution in [0.25, 0.3) is 0 Å². The molecule has 0 heterocycles. The summed E-state index contributed by atoms with van der Waals surface area (Å²) >= 11 is 0. The maximum atomic E-state index is 12.1. The minimum absolute atomic E-state index is 0.191. The van der Waals surface area contributed by atoms with Crippen molar-refractivity contribution in [3.8, 4) is 0 Å². The van der Waals surface area contributed by atoms with E-state index in [0.717, 1.165) is 5.56 Å². The number of aryl methyl sites for hydroxylation is 1. The molecule has 0 saturated carbocycles. The summed E-state index contributed by atoms with van der Waals surface area (Å²) in [6.07, 6.45) is 2.20. The topological polar surface area (TPSA) is 70.2 Å². The predicted molar refractivity (Wildman–Crippen MR) is 93.0 cm³/mol. The first-order chi connectivity index (χ1) is 10.9. The molecule has 0 radical (unpaired) electrons. The van der Waals surface area contributed by atoms with Gasteiger partial charge in [0.2, 0.25) is 5.91 Å². The van der Waals surface area contributed by atoms with Crippen LogP contribution in [0.3, 0.4) is 0 Å². The minimum Gasteiger partial charge on any atom is -0.351 e. The molecular weight excluding hydrogens is 290 g/mol. The van der Waals surface area contributed by atoms with Crippen molar-refractivity contribution in [1.82, 2.24) is 16.0 Å². The van der Waals surface area contributed by atoms with Crippen LogP contribution in [0.4, 0.5) is 4.79 Å². The molecule has 5 nitrogen and oxygen atoms in total. The number of urea groups is 1. The average molecular weight is 317 g/mol. The summed E-state index contributed by atoms with van der Waals surface area (Å²) in [5.74, 6) is 0.107. The Kier molecular flexibility index (Phi) is 7.88. The molecule has 5 heteroatoms. The van der Waals surface area contributed by atoms with Crippen molar-refractivity contribution in [2.24, 2.45) is 5.92 Å². The van der Waals surface area contributed by atoms with Gasteiger partial charge in [0.25, 0.3) is 0 Å². The zero-order valence-corrected chi connectivity index (χ0v) is 14.2. The van der Waals surface area contributed by atoms with Crippen LogP contribution in [0.15, 0.2) is 36.9 Å². The number of hydrogen-bond acceptors (Lipinski definition) is 2. The van der Waals surface area contributed by atoms with Crippen molar-refractivity contribution in [2.45, 2.75) is 39.8 Å². The van der Waals surface area contributed by atoms with Crippen LogP contribution in [-0.4, -0.2) is 24.5 Å². The van der Waals surface area contributed by atoms with E-state index < -0.39 is 6.04 Å². The Morgan fingerprint density at radius 3 is 2.39 bits per heavy atom. The first-order valence-corrected chi connectivity index (χ1v) is 7.91. The summed E-state index contributed by atoms with van der Waals surface area (Å²) in [5.41, 5.74) is 2.19. The summed E-state index contributed by atoms with van der Waals surface area (Å²) in [5, 5.41) is 8.25. The van der Waals surface area contributed by atoms with E-state index in [9.17, 15) is 9.59 Å². The normalized spacial score (nSPS) is 11.7. The average Bonchev–Trinajstić information content (AvgIpc) is 2.51. The van der Waals surface area contributed by atoms with E-state index in [1.54, 1.807) is 6.08 Å². The van der Waals surface area contributed by atoms with Crippen LogP contribution in [0, 0.1) is 12.8 Å². The van der Waals surface area contributed by atoms with E-state index in [1.807, 2.05) is 45.0 Å². The van der Waals surface area contributed by atoms with E-state index in [2.05, 4.69) is 22.5 Å². The van der Waals surface area contributed by atoms with E-state index in [-0.39, 0.29) is 11.9 Å². The summed E-state index contributed by atoms with van der Waals surface area (Å²) in [6, 6.07) is 7.05. The quantitative estimate of drug-likeness (QED) is 0.645. The number of benzene rings is 1. The maximum Gasteiger partial charge on any atom is 0.315 e. The number of rotatable bonds is 8. The third-order valence-electron chi connectivity index (χ3n) is 3.32. The third kappa shape index (κ3) is 7.49. The molecule has 0 aliphatic heterocycles. The lowest BCUT2D eigenvalue weighted by atomic mass is 10.0. The van der Waals surface area contributed by atoms with Crippen molar-refractivity contribution in [3.63, 3.8) is 0 Å². The molecule has 0 bridgehead atoms. The van der Waals surface area contributed by atoms with Gasteiger partial charge in [0.05, 0.1) is 0 Å². The molecule has 23 heavy (non-hydrogen) atoms.